The van der Waals surface area contributed by atoms with Crippen molar-refractivity contribution in [2.45, 2.75) is 75.6 Å². The lowest BCUT2D eigenvalue weighted by atomic mass is 9.99. The van der Waals surface area contributed by atoms with Gasteiger partial charge in [0.15, 0.2) is 6.29 Å². The molecule has 4 rings (SSSR count). The van der Waals surface area contributed by atoms with Gasteiger partial charge in [-0.3, -0.25) is 14.3 Å². The van der Waals surface area contributed by atoms with Crippen LogP contribution in [-0.2, 0) is 27.4 Å². The third-order valence-electron chi connectivity index (χ3n) is 5.86. The molecule has 8 atom stereocenters. The van der Waals surface area contributed by atoms with Gasteiger partial charge in [0.1, 0.15) is 42.4 Å². The van der Waals surface area contributed by atoms with E-state index in [2.05, 4.69) is 15.3 Å². The molecule has 0 bridgehead atoms. The largest absolute Gasteiger partial charge is 0.394 e. The van der Waals surface area contributed by atoms with Crippen LogP contribution in [0.25, 0.3) is 0 Å². The number of aryl methyl sites for hydroxylation is 1. The first-order valence-electron chi connectivity index (χ1n) is 10.6. The van der Waals surface area contributed by atoms with Gasteiger partial charge in [-0.25, -0.2) is 9.48 Å². The van der Waals surface area contributed by atoms with Crippen LogP contribution in [-0.4, -0.2) is 99.6 Å². The molecule has 0 aliphatic carbocycles. The van der Waals surface area contributed by atoms with Gasteiger partial charge in [0.25, 0.3) is 5.56 Å². The van der Waals surface area contributed by atoms with Gasteiger partial charge < -0.3 is 39.7 Å². The summed E-state index contributed by atoms with van der Waals surface area (Å²) in [6, 6.07) is 0. The fraction of sp³-hybridized carbons (Fsp3) is 0.684. The highest BCUT2D eigenvalue weighted by atomic mass is 16.7. The number of aromatic amines is 1. The first kappa shape index (κ1) is 24.6. The van der Waals surface area contributed by atoms with E-state index >= 15 is 0 Å². The Morgan fingerprint density at radius 1 is 1.12 bits per heavy atom. The van der Waals surface area contributed by atoms with Crippen LogP contribution in [0.4, 0.5) is 0 Å². The van der Waals surface area contributed by atoms with Gasteiger partial charge in [-0.1, -0.05) is 5.21 Å². The van der Waals surface area contributed by atoms with Gasteiger partial charge in [0.2, 0.25) is 0 Å². The minimum absolute atomic E-state index is 0.113. The van der Waals surface area contributed by atoms with Crippen molar-refractivity contribution in [1.82, 2.24) is 24.5 Å². The summed E-state index contributed by atoms with van der Waals surface area (Å²) in [4.78, 5) is 25.9. The molecule has 2 aromatic rings. The molecule has 34 heavy (non-hydrogen) atoms. The Hall–Kier alpha value is -2.50. The topological polar surface area (TPSA) is 214 Å². The molecule has 2 fully saturated rings. The van der Waals surface area contributed by atoms with E-state index in [0.29, 0.717) is 11.3 Å². The van der Waals surface area contributed by atoms with Crippen LogP contribution in [0.1, 0.15) is 23.9 Å². The second-order valence-corrected chi connectivity index (χ2v) is 8.35. The number of nitrogens with zero attached hydrogens (tertiary/aromatic N) is 4. The maximum absolute atomic E-state index is 12.1. The summed E-state index contributed by atoms with van der Waals surface area (Å²) in [5.41, 5.74) is -0.450. The van der Waals surface area contributed by atoms with Crippen LogP contribution < -0.4 is 11.2 Å². The average Bonchev–Trinajstić information content (AvgIpc) is 3.40. The molecule has 15 heteroatoms. The fourth-order valence-corrected chi connectivity index (χ4v) is 3.90. The number of H-pyrrole nitrogens is 1. The van der Waals surface area contributed by atoms with Crippen molar-refractivity contribution >= 4 is 0 Å². The maximum Gasteiger partial charge on any atom is 0.330 e. The molecule has 2 aliphatic rings. The van der Waals surface area contributed by atoms with Gasteiger partial charge in [-0.05, 0) is 6.92 Å². The van der Waals surface area contributed by atoms with Crippen molar-refractivity contribution in [3.63, 3.8) is 0 Å². The van der Waals surface area contributed by atoms with Crippen LogP contribution in [0.5, 0.6) is 0 Å². The lowest BCUT2D eigenvalue weighted by molar-refractivity contribution is -0.304. The summed E-state index contributed by atoms with van der Waals surface area (Å²) in [6.07, 6.45) is -6.31. The van der Waals surface area contributed by atoms with Gasteiger partial charge in [0.05, 0.1) is 32.1 Å². The summed E-state index contributed by atoms with van der Waals surface area (Å²) in [5, 5.41) is 57.2. The maximum atomic E-state index is 12.1. The number of aliphatic hydroxyl groups is 5. The summed E-state index contributed by atoms with van der Waals surface area (Å²) in [6.45, 7) is 0.935. The Labute approximate surface area is 191 Å². The zero-order valence-electron chi connectivity index (χ0n) is 18.2. The molecule has 6 N–H and O–H groups in total. The molecule has 0 aromatic carbocycles. The smallest absolute Gasteiger partial charge is 0.330 e. The number of aliphatic hydroxyl groups excluding tert-OH is 5. The summed E-state index contributed by atoms with van der Waals surface area (Å²) in [5.74, 6) is 0. The lowest BCUT2D eigenvalue weighted by Gasteiger charge is -2.39. The first-order valence-corrected chi connectivity index (χ1v) is 10.6. The van der Waals surface area contributed by atoms with Gasteiger partial charge in [-0.2, -0.15) is 0 Å². The zero-order chi connectivity index (χ0) is 24.6. The lowest BCUT2D eigenvalue weighted by Crippen LogP contribution is -2.59. The Bertz CT molecular complexity index is 1100. The van der Waals surface area contributed by atoms with Crippen LogP contribution in [0, 0.1) is 6.92 Å². The van der Waals surface area contributed by atoms with Gasteiger partial charge >= 0.3 is 5.69 Å². The summed E-state index contributed by atoms with van der Waals surface area (Å²) < 4.78 is 19.1. The van der Waals surface area contributed by atoms with E-state index in [1.54, 1.807) is 6.92 Å². The van der Waals surface area contributed by atoms with Gasteiger partial charge in [0, 0.05) is 18.2 Å². The molecule has 0 spiro atoms. The minimum Gasteiger partial charge on any atom is -0.394 e. The molecule has 0 amide bonds. The predicted octanol–water partition coefficient (Wildman–Crippen LogP) is -3.90. The van der Waals surface area contributed by atoms with Crippen LogP contribution in [0.2, 0.25) is 0 Å². The second-order valence-electron chi connectivity index (χ2n) is 8.35. The Balaban J connectivity index is 1.35. The van der Waals surface area contributed by atoms with Crippen LogP contribution >= 0.6 is 0 Å². The molecule has 15 nitrogen and oxygen atoms in total. The van der Waals surface area contributed by atoms with Gasteiger partial charge in [-0.15, -0.1) is 5.10 Å². The molecular weight excluding hydrogens is 458 g/mol. The SMILES string of the molecule is Cc1cn([C@H]2C[C@H](O)[C@@H](Cn3cc(CO[C@H]4O[C@H](CO)[C@@H](O)[C@H](O)[C@@H]4O)nn3)O2)c(=O)[nH]c1=O. The first-order chi connectivity index (χ1) is 16.2. The summed E-state index contributed by atoms with van der Waals surface area (Å²) >= 11 is 0. The quantitative estimate of drug-likeness (QED) is 0.222. The van der Waals surface area contributed by atoms with Crippen molar-refractivity contribution < 1.29 is 39.7 Å². The van der Waals surface area contributed by atoms with Crippen molar-refractivity contribution in [2.24, 2.45) is 0 Å². The highest BCUT2D eigenvalue weighted by Gasteiger charge is 2.44. The second kappa shape index (κ2) is 10.0. The molecule has 2 aromatic heterocycles. The number of hydrogen-bond donors (Lipinski definition) is 6. The molecule has 0 radical (unpaired) electrons. The van der Waals surface area contributed by atoms with E-state index in [0.717, 1.165) is 0 Å². The predicted molar refractivity (Wildman–Crippen MR) is 109 cm³/mol. The van der Waals surface area contributed by atoms with Crippen LogP contribution in [0.3, 0.4) is 0 Å². The summed E-state index contributed by atoms with van der Waals surface area (Å²) in [7, 11) is 0. The Morgan fingerprint density at radius 2 is 1.88 bits per heavy atom. The monoisotopic (exact) mass is 485 g/mol. The van der Waals surface area contributed by atoms with E-state index in [1.165, 1.54) is 21.6 Å². The van der Waals surface area contributed by atoms with Crippen molar-refractivity contribution in [3.05, 3.63) is 44.5 Å². The normalized spacial score (nSPS) is 33.9. The Morgan fingerprint density at radius 3 is 2.62 bits per heavy atom. The molecule has 0 unspecified atom stereocenters. The van der Waals surface area contributed by atoms with E-state index in [-0.39, 0.29) is 19.6 Å². The molecule has 2 aliphatic heterocycles. The van der Waals surface area contributed by atoms with Crippen molar-refractivity contribution in [3.8, 4) is 0 Å². The molecule has 4 heterocycles. The third-order valence-corrected chi connectivity index (χ3v) is 5.86. The average molecular weight is 485 g/mol. The van der Waals surface area contributed by atoms with E-state index in [9.17, 15) is 35.1 Å². The van der Waals surface area contributed by atoms with Crippen LogP contribution in [0.15, 0.2) is 22.0 Å². The van der Waals surface area contributed by atoms with Crippen molar-refractivity contribution in [2.75, 3.05) is 6.61 Å². The van der Waals surface area contributed by atoms with Crippen molar-refractivity contribution in [1.29, 1.82) is 0 Å². The fourth-order valence-electron chi connectivity index (χ4n) is 3.90. The molecule has 188 valence electrons. The number of aromatic nitrogens is 5. The molecule has 2 saturated heterocycles. The molecular formula is C19H27N5O10. The number of rotatable bonds is 7. The number of ether oxygens (including phenoxy) is 3. The number of hydrogen-bond acceptors (Lipinski definition) is 12. The highest BCUT2D eigenvalue weighted by Crippen LogP contribution is 2.28. The Kier molecular flexibility index (Phi) is 7.25. The minimum atomic E-state index is -1.56. The standard InChI is InChI=1S/C19H27N5O10/c1-8-3-24(19(31)20-17(8)30)13-2-10(26)11(33-13)5-23-4-9(21-22-23)7-32-18-16(29)15(28)14(27)12(6-25)34-18/h3-4,10-16,18,25-29H,2,5-7H2,1H3,(H,20,30,31)/t10-,11+,12+,13+,14+,15-,16-,18-/m0/s1. The highest BCUT2D eigenvalue weighted by molar-refractivity contribution is 5.02. The van der Waals surface area contributed by atoms with E-state index in [1.807, 2.05) is 0 Å². The van der Waals surface area contributed by atoms with E-state index < -0.39 is 67.0 Å². The van der Waals surface area contributed by atoms with E-state index in [4.69, 9.17) is 14.2 Å². The number of nitrogens with one attached hydrogen (secondary N) is 1. The third kappa shape index (κ3) is 4.96. The molecule has 0 saturated carbocycles. The zero-order valence-corrected chi connectivity index (χ0v) is 18.2.